The highest BCUT2D eigenvalue weighted by molar-refractivity contribution is 5.88. The van der Waals surface area contributed by atoms with Crippen molar-refractivity contribution in [3.8, 4) is 0 Å². The minimum absolute atomic E-state index is 0.0221. The van der Waals surface area contributed by atoms with Crippen molar-refractivity contribution in [1.29, 1.82) is 0 Å². The third kappa shape index (κ3) is 4.36. The molecule has 0 aliphatic carbocycles. The predicted octanol–water partition coefficient (Wildman–Crippen LogP) is 0.549. The van der Waals surface area contributed by atoms with Crippen LogP contribution in [0.25, 0.3) is 10.9 Å². The molecule has 1 saturated heterocycles. The number of ether oxygens (including phenoxy) is 1. The molecule has 1 aliphatic rings. The molecule has 0 bridgehead atoms. The number of aromatic amines is 1. The number of β-amino-alcohol motifs (C(OH)–C–C–N with tert-alkyl or cyclic N) is 1. The fourth-order valence-electron chi connectivity index (χ4n) is 3.56. The summed E-state index contributed by atoms with van der Waals surface area (Å²) < 4.78 is 4.97. The van der Waals surface area contributed by atoms with E-state index < -0.39 is 6.10 Å². The maximum Gasteiger partial charge on any atom is 0.224 e. The zero-order valence-corrected chi connectivity index (χ0v) is 14.7. The summed E-state index contributed by atoms with van der Waals surface area (Å²) in [6, 6.07) is 2.03. The van der Waals surface area contributed by atoms with Gasteiger partial charge in [-0.15, -0.1) is 0 Å². The number of aromatic nitrogens is 2. The lowest BCUT2D eigenvalue weighted by molar-refractivity contribution is -0.121. The Morgan fingerprint density at radius 1 is 1.56 bits per heavy atom. The molecule has 3 heterocycles. The van der Waals surface area contributed by atoms with E-state index in [9.17, 15) is 9.90 Å². The third-order valence-corrected chi connectivity index (χ3v) is 4.78. The summed E-state index contributed by atoms with van der Waals surface area (Å²) in [4.78, 5) is 21.9. The molecular weight excluding hydrogens is 320 g/mol. The van der Waals surface area contributed by atoms with Crippen LogP contribution in [0.5, 0.6) is 0 Å². The first kappa shape index (κ1) is 17.8. The van der Waals surface area contributed by atoms with Crippen molar-refractivity contribution >= 4 is 16.8 Å². The van der Waals surface area contributed by atoms with E-state index in [0.717, 1.165) is 29.6 Å². The molecule has 7 nitrogen and oxygen atoms in total. The van der Waals surface area contributed by atoms with Crippen LogP contribution in [0.15, 0.2) is 24.7 Å². The van der Waals surface area contributed by atoms with Gasteiger partial charge >= 0.3 is 0 Å². The number of hydrogen-bond acceptors (Lipinski definition) is 5. The van der Waals surface area contributed by atoms with E-state index in [2.05, 4.69) is 27.1 Å². The Hall–Kier alpha value is -1.96. The van der Waals surface area contributed by atoms with E-state index in [0.29, 0.717) is 25.5 Å². The van der Waals surface area contributed by atoms with Crippen molar-refractivity contribution in [3.63, 3.8) is 0 Å². The first-order valence-corrected chi connectivity index (χ1v) is 8.65. The lowest BCUT2D eigenvalue weighted by atomic mass is 10.1. The molecule has 0 aromatic carbocycles. The Morgan fingerprint density at radius 3 is 3.20 bits per heavy atom. The first-order valence-electron chi connectivity index (χ1n) is 8.65. The van der Waals surface area contributed by atoms with Crippen LogP contribution < -0.4 is 5.32 Å². The van der Waals surface area contributed by atoms with Crippen molar-refractivity contribution in [3.05, 3.63) is 30.2 Å². The molecule has 3 rings (SSSR count). The number of methoxy groups -OCH3 is 1. The Morgan fingerprint density at radius 2 is 2.40 bits per heavy atom. The van der Waals surface area contributed by atoms with Crippen LogP contribution in [-0.2, 0) is 16.0 Å². The van der Waals surface area contributed by atoms with Crippen molar-refractivity contribution < 1.29 is 14.6 Å². The highest BCUT2D eigenvalue weighted by Gasteiger charge is 2.31. The van der Waals surface area contributed by atoms with Gasteiger partial charge in [-0.1, -0.05) is 6.92 Å². The summed E-state index contributed by atoms with van der Waals surface area (Å²) >= 11 is 0. The van der Waals surface area contributed by atoms with Crippen LogP contribution >= 0.6 is 0 Å². The van der Waals surface area contributed by atoms with Gasteiger partial charge in [-0.05, 0) is 17.5 Å². The Labute approximate surface area is 147 Å². The number of carbonyl (C=O) groups excluding carboxylic acids is 1. The number of pyridine rings is 1. The van der Waals surface area contributed by atoms with E-state index in [1.54, 1.807) is 19.5 Å². The van der Waals surface area contributed by atoms with Crippen LogP contribution in [-0.4, -0.2) is 71.4 Å². The average Bonchev–Trinajstić information content (AvgIpc) is 3.12. The standard InChI is InChI=1S/C18H26N4O3/c1-12-8-22(9-14(23)11-25-2)10-17(12)21-18(24)5-13-6-20-16-7-19-4-3-15(13)16/h3-4,6-7,12,14,17,20,23H,5,8-11H2,1-2H3,(H,21,24)/t12-,14-,17-/m1/s1. The SMILES string of the molecule is COC[C@H](O)CN1C[C@@H](C)[C@H](NC(=O)Cc2c[nH]c3cnccc23)C1. The first-order chi connectivity index (χ1) is 12.1. The molecule has 3 atom stereocenters. The number of hydrogen-bond donors (Lipinski definition) is 3. The second-order valence-electron chi connectivity index (χ2n) is 6.89. The van der Waals surface area contributed by atoms with E-state index >= 15 is 0 Å². The van der Waals surface area contributed by atoms with Crippen molar-refractivity contribution in [1.82, 2.24) is 20.2 Å². The van der Waals surface area contributed by atoms with E-state index in [4.69, 9.17) is 4.74 Å². The van der Waals surface area contributed by atoms with Gasteiger partial charge in [0.2, 0.25) is 5.91 Å². The summed E-state index contributed by atoms with van der Waals surface area (Å²) in [5.41, 5.74) is 1.92. The molecule has 25 heavy (non-hydrogen) atoms. The lowest BCUT2D eigenvalue weighted by Crippen LogP contribution is -2.41. The molecule has 1 amide bonds. The fourth-order valence-corrected chi connectivity index (χ4v) is 3.56. The molecule has 1 aliphatic heterocycles. The Balaban J connectivity index is 1.54. The van der Waals surface area contributed by atoms with Crippen molar-refractivity contribution in [2.75, 3.05) is 33.4 Å². The topological polar surface area (TPSA) is 90.5 Å². The van der Waals surface area contributed by atoms with Gasteiger partial charge in [0.25, 0.3) is 0 Å². The largest absolute Gasteiger partial charge is 0.389 e. The maximum absolute atomic E-state index is 12.5. The van der Waals surface area contributed by atoms with Gasteiger partial charge in [0.15, 0.2) is 0 Å². The number of rotatable bonds is 7. The quantitative estimate of drug-likeness (QED) is 0.681. The molecule has 0 unspecified atom stereocenters. The normalized spacial score (nSPS) is 22.4. The lowest BCUT2D eigenvalue weighted by Gasteiger charge is -2.19. The van der Waals surface area contributed by atoms with Crippen LogP contribution in [0.4, 0.5) is 0 Å². The van der Waals surface area contributed by atoms with E-state index in [1.807, 2.05) is 12.3 Å². The number of aliphatic hydroxyl groups is 1. The Kier molecular flexibility index (Phi) is 5.67. The number of H-pyrrole nitrogens is 1. The van der Waals surface area contributed by atoms with Crippen molar-refractivity contribution in [2.24, 2.45) is 5.92 Å². The fraction of sp³-hybridized carbons (Fsp3) is 0.556. The molecule has 3 N–H and O–H groups in total. The number of nitrogens with zero attached hydrogens (tertiary/aromatic N) is 2. The predicted molar refractivity (Wildman–Crippen MR) is 95.2 cm³/mol. The zero-order valence-electron chi connectivity index (χ0n) is 14.7. The molecule has 7 heteroatoms. The number of aliphatic hydroxyl groups excluding tert-OH is 1. The zero-order chi connectivity index (χ0) is 17.8. The summed E-state index contributed by atoms with van der Waals surface area (Å²) in [7, 11) is 1.58. The van der Waals surface area contributed by atoms with Gasteiger partial charge in [0.1, 0.15) is 0 Å². The maximum atomic E-state index is 12.5. The van der Waals surface area contributed by atoms with E-state index in [1.165, 1.54) is 0 Å². The molecule has 136 valence electrons. The number of fused-ring (bicyclic) bond motifs is 1. The number of carbonyl (C=O) groups is 1. The molecular formula is C18H26N4O3. The van der Waals surface area contributed by atoms with Crippen LogP contribution in [0.2, 0.25) is 0 Å². The number of amides is 1. The van der Waals surface area contributed by atoms with Gasteiger partial charge in [0.05, 0.1) is 30.8 Å². The smallest absolute Gasteiger partial charge is 0.224 e. The van der Waals surface area contributed by atoms with E-state index in [-0.39, 0.29) is 11.9 Å². The highest BCUT2D eigenvalue weighted by Crippen LogP contribution is 2.19. The molecule has 2 aromatic rings. The Bertz CT molecular complexity index is 717. The molecule has 1 fully saturated rings. The second-order valence-corrected chi connectivity index (χ2v) is 6.89. The second kappa shape index (κ2) is 7.95. The summed E-state index contributed by atoms with van der Waals surface area (Å²) in [5.74, 6) is 0.375. The van der Waals surface area contributed by atoms with Crippen LogP contribution in [0.1, 0.15) is 12.5 Å². The molecule has 0 spiro atoms. The molecule has 0 saturated carbocycles. The molecule has 0 radical (unpaired) electrons. The van der Waals surface area contributed by atoms with Crippen molar-refractivity contribution in [2.45, 2.75) is 25.5 Å². The summed E-state index contributed by atoms with van der Waals surface area (Å²) in [6.45, 7) is 4.65. The van der Waals surface area contributed by atoms with Crippen LogP contribution in [0.3, 0.4) is 0 Å². The minimum atomic E-state index is -0.494. The minimum Gasteiger partial charge on any atom is -0.389 e. The monoisotopic (exact) mass is 346 g/mol. The number of nitrogens with one attached hydrogen (secondary N) is 2. The highest BCUT2D eigenvalue weighted by atomic mass is 16.5. The molecule has 2 aromatic heterocycles. The van der Waals surface area contributed by atoms with Crippen LogP contribution in [0, 0.1) is 5.92 Å². The van der Waals surface area contributed by atoms with Gasteiger partial charge in [0, 0.05) is 50.6 Å². The van der Waals surface area contributed by atoms with Gasteiger partial charge < -0.3 is 20.1 Å². The number of likely N-dealkylation sites (tertiary alicyclic amines) is 1. The average molecular weight is 346 g/mol. The summed E-state index contributed by atoms with van der Waals surface area (Å²) in [6.07, 6.45) is 5.22. The van der Waals surface area contributed by atoms with Gasteiger partial charge in [-0.2, -0.15) is 0 Å². The van der Waals surface area contributed by atoms with Gasteiger partial charge in [-0.3, -0.25) is 14.7 Å². The van der Waals surface area contributed by atoms with Gasteiger partial charge in [-0.25, -0.2) is 0 Å². The summed E-state index contributed by atoms with van der Waals surface area (Å²) in [5, 5.41) is 14.1. The third-order valence-electron chi connectivity index (χ3n) is 4.78.